The fraction of sp³-hybridized carbons (Fsp3) is 0.550. The van der Waals surface area contributed by atoms with Crippen molar-refractivity contribution in [2.75, 3.05) is 70.8 Å². The zero-order valence-electron chi connectivity index (χ0n) is 18.5. The van der Waals surface area contributed by atoms with Crippen LogP contribution in [0.4, 0.5) is 5.69 Å². The molecule has 14 heteroatoms. The number of hydrogen-bond acceptors (Lipinski definition) is 8. The number of amides is 3. The molecule has 1 aromatic rings. The third-order valence-corrected chi connectivity index (χ3v) is 7.44. The van der Waals surface area contributed by atoms with E-state index >= 15 is 0 Å². The third-order valence-electron chi connectivity index (χ3n) is 4.26. The predicted molar refractivity (Wildman–Crippen MR) is 150 cm³/mol. The van der Waals surface area contributed by atoms with Crippen molar-refractivity contribution in [3.8, 4) is 0 Å². The van der Waals surface area contributed by atoms with E-state index < -0.39 is 11.8 Å². The van der Waals surface area contributed by atoms with Gasteiger partial charge in [0.25, 0.3) is 11.8 Å². The lowest BCUT2D eigenvalue weighted by Gasteiger charge is -2.26. The van der Waals surface area contributed by atoms with E-state index in [0.29, 0.717) is 16.4 Å². The Balaban J connectivity index is 3.41. The van der Waals surface area contributed by atoms with E-state index in [4.69, 9.17) is 19.7 Å². The molecule has 3 amide bonds. The van der Waals surface area contributed by atoms with Gasteiger partial charge in [0.1, 0.15) is 0 Å². The Morgan fingerprint density at radius 3 is 1.56 bits per heavy atom. The number of anilines is 1. The summed E-state index contributed by atoms with van der Waals surface area (Å²) in [5.74, 6) is -1.25. The lowest BCUT2D eigenvalue weighted by Crippen LogP contribution is -2.37. The van der Waals surface area contributed by atoms with E-state index in [2.05, 4.69) is 10.6 Å². The van der Waals surface area contributed by atoms with E-state index in [9.17, 15) is 19.5 Å². The molecule has 0 atom stereocenters. The molecule has 11 nitrogen and oxygen atoms in total. The van der Waals surface area contributed by atoms with Gasteiger partial charge in [0.05, 0.1) is 70.2 Å². The maximum absolute atomic E-state index is 13.1. The zero-order valence-corrected chi connectivity index (χ0v) is 25.0. The highest BCUT2D eigenvalue weighted by Crippen LogP contribution is 2.38. The number of ether oxygens (including phenoxy) is 2. The summed E-state index contributed by atoms with van der Waals surface area (Å²) < 4.78 is 11.7. The van der Waals surface area contributed by atoms with Crippen LogP contribution in [0.2, 0.25) is 0 Å². The first-order valence-electron chi connectivity index (χ1n) is 10.3. The number of aliphatic hydroxyl groups is 3. The molecular weight excluding hydrogens is 791 g/mol. The quantitative estimate of drug-likeness (QED) is 0.125. The average Bonchev–Trinajstić information content (AvgIpc) is 2.78. The van der Waals surface area contributed by atoms with Crippen molar-refractivity contribution >= 4 is 91.2 Å². The average molecular weight is 819 g/mol. The van der Waals surface area contributed by atoms with Crippen molar-refractivity contribution in [1.29, 1.82) is 0 Å². The molecule has 0 fully saturated rings. The van der Waals surface area contributed by atoms with Gasteiger partial charge in [-0.3, -0.25) is 14.4 Å². The molecule has 0 aliphatic heterocycles. The van der Waals surface area contributed by atoms with Gasteiger partial charge in [0.2, 0.25) is 5.91 Å². The van der Waals surface area contributed by atoms with Gasteiger partial charge in [0, 0.05) is 30.1 Å². The summed E-state index contributed by atoms with van der Waals surface area (Å²) in [5.41, 5.74) is 0.820. The third kappa shape index (κ3) is 9.25. The number of carbonyl (C=O) groups is 3. The molecule has 0 bridgehead atoms. The number of carbonyl (C=O) groups excluding carboxylic acids is 3. The number of halogens is 3. The van der Waals surface area contributed by atoms with Gasteiger partial charge in [-0.15, -0.1) is 0 Å². The number of rotatable bonds is 15. The highest BCUT2D eigenvalue weighted by molar-refractivity contribution is 14.1. The van der Waals surface area contributed by atoms with Crippen LogP contribution in [-0.2, 0) is 14.3 Å². The monoisotopic (exact) mass is 819 g/mol. The van der Waals surface area contributed by atoms with Crippen LogP contribution < -0.4 is 15.5 Å². The van der Waals surface area contributed by atoms with Crippen LogP contribution in [0.25, 0.3) is 0 Å². The molecule has 192 valence electrons. The molecule has 0 unspecified atom stereocenters. The molecule has 1 aromatic carbocycles. The second-order valence-corrected chi connectivity index (χ2v) is 9.85. The van der Waals surface area contributed by atoms with Crippen LogP contribution in [0.1, 0.15) is 27.6 Å². The van der Waals surface area contributed by atoms with Gasteiger partial charge in [-0.25, -0.2) is 0 Å². The maximum Gasteiger partial charge on any atom is 0.253 e. The molecule has 1 rings (SSSR count). The van der Waals surface area contributed by atoms with Crippen LogP contribution in [0, 0.1) is 10.7 Å². The van der Waals surface area contributed by atoms with Crippen LogP contribution in [0.5, 0.6) is 0 Å². The second kappa shape index (κ2) is 17.1. The lowest BCUT2D eigenvalue weighted by atomic mass is 10.1. The number of nitrogens with one attached hydrogen (secondary N) is 2. The minimum absolute atomic E-state index is 0.00591. The minimum Gasteiger partial charge on any atom is -0.395 e. The summed E-state index contributed by atoms with van der Waals surface area (Å²) in [6, 6.07) is 0. The number of benzene rings is 1. The molecule has 5 N–H and O–H groups in total. The smallest absolute Gasteiger partial charge is 0.253 e. The second-order valence-electron chi connectivity index (χ2n) is 6.62. The highest BCUT2D eigenvalue weighted by Gasteiger charge is 2.31. The summed E-state index contributed by atoms with van der Waals surface area (Å²) in [4.78, 5) is 39.9. The highest BCUT2D eigenvalue weighted by atomic mass is 127. The van der Waals surface area contributed by atoms with Crippen LogP contribution in [-0.4, -0.2) is 98.9 Å². The number of nitrogens with zero attached hydrogens (tertiary/aromatic N) is 1. The van der Waals surface area contributed by atoms with Crippen LogP contribution in [0.3, 0.4) is 0 Å². The Kier molecular flexibility index (Phi) is 16.0. The SMILES string of the molecule is CC(=O)N(CCO)c1c(I)c(C(=O)NCCOCCO)c(I)c(C(=O)NCCOCCO)c1I. The van der Waals surface area contributed by atoms with E-state index in [0.717, 1.165) is 0 Å². The fourth-order valence-corrected chi connectivity index (χ4v) is 7.53. The van der Waals surface area contributed by atoms with Crippen molar-refractivity contribution in [2.45, 2.75) is 6.92 Å². The molecule has 0 aliphatic rings. The molecular formula is C20H28I3N3O8. The van der Waals surface area contributed by atoms with Crippen molar-refractivity contribution in [3.05, 3.63) is 21.8 Å². The zero-order chi connectivity index (χ0) is 25.7. The molecule has 34 heavy (non-hydrogen) atoms. The molecule has 0 radical (unpaired) electrons. The Morgan fingerprint density at radius 2 is 1.21 bits per heavy atom. The van der Waals surface area contributed by atoms with Gasteiger partial charge in [-0.1, -0.05) is 0 Å². The normalized spacial score (nSPS) is 10.8. The molecule has 0 saturated heterocycles. The largest absolute Gasteiger partial charge is 0.395 e. The predicted octanol–water partition coefficient (Wildman–Crippen LogP) is 0.323. The molecule has 0 aromatic heterocycles. The number of hydrogen-bond donors (Lipinski definition) is 5. The minimum atomic E-state index is -0.452. The summed E-state index contributed by atoms with van der Waals surface area (Å²) in [7, 11) is 0. The summed E-state index contributed by atoms with van der Waals surface area (Å²) in [6.07, 6.45) is 0. The van der Waals surface area contributed by atoms with E-state index in [-0.39, 0.29) is 82.9 Å². The molecule has 0 aliphatic carbocycles. The number of aliphatic hydroxyl groups excluding tert-OH is 3. The van der Waals surface area contributed by atoms with Crippen molar-refractivity contribution in [2.24, 2.45) is 0 Å². The first kappa shape index (κ1) is 31.6. The van der Waals surface area contributed by atoms with Crippen molar-refractivity contribution in [1.82, 2.24) is 10.6 Å². The summed E-state index contributed by atoms with van der Waals surface area (Å²) in [6.45, 7) is 1.85. The maximum atomic E-state index is 13.1. The van der Waals surface area contributed by atoms with Crippen molar-refractivity contribution < 1.29 is 39.2 Å². The van der Waals surface area contributed by atoms with E-state index in [1.54, 1.807) is 0 Å². The Bertz CT molecular complexity index is 804. The Morgan fingerprint density at radius 1 is 0.765 bits per heavy atom. The first-order chi connectivity index (χ1) is 16.2. The van der Waals surface area contributed by atoms with Gasteiger partial charge < -0.3 is 40.3 Å². The molecule has 0 spiro atoms. The van der Waals surface area contributed by atoms with Crippen LogP contribution >= 0.6 is 67.8 Å². The first-order valence-corrected chi connectivity index (χ1v) is 13.5. The van der Waals surface area contributed by atoms with Gasteiger partial charge in [-0.2, -0.15) is 0 Å². The summed E-state index contributed by atoms with van der Waals surface area (Å²) >= 11 is 5.87. The van der Waals surface area contributed by atoms with Crippen molar-refractivity contribution in [3.63, 3.8) is 0 Å². The van der Waals surface area contributed by atoms with Crippen LogP contribution in [0.15, 0.2) is 0 Å². The topological polar surface area (TPSA) is 158 Å². The van der Waals surface area contributed by atoms with E-state index in [1.165, 1.54) is 11.8 Å². The fourth-order valence-electron chi connectivity index (χ4n) is 2.80. The van der Waals surface area contributed by atoms with Gasteiger partial charge in [-0.05, 0) is 67.8 Å². The lowest BCUT2D eigenvalue weighted by molar-refractivity contribution is -0.116. The van der Waals surface area contributed by atoms with Gasteiger partial charge in [0.15, 0.2) is 0 Å². The van der Waals surface area contributed by atoms with E-state index in [1.807, 2.05) is 67.8 Å². The summed E-state index contributed by atoms with van der Waals surface area (Å²) in [5, 5.41) is 32.5. The van der Waals surface area contributed by atoms with Gasteiger partial charge >= 0.3 is 0 Å². The molecule has 0 heterocycles. The Labute approximate surface area is 238 Å². The standard InChI is InChI=1S/C20H28I3N3O8/c1-12(30)26(4-5-27)18-16(22)13(19(31)24-2-8-33-10-6-28)15(21)14(17(18)23)20(32)25-3-9-34-11-7-29/h27-29H,2-11H2,1H3,(H,24,31)(H,25,32). The Hall–Kier alpha value is -0.380. The molecule has 0 saturated carbocycles.